The van der Waals surface area contributed by atoms with Gasteiger partial charge in [0.15, 0.2) is 0 Å². The second-order valence-electron chi connectivity index (χ2n) is 24.5. The number of benzene rings is 6. The van der Waals surface area contributed by atoms with Crippen molar-refractivity contribution in [1.82, 2.24) is 0 Å². The molecule has 0 bridgehead atoms. The molecule has 4 atom stereocenters. The van der Waals surface area contributed by atoms with Gasteiger partial charge in [-0.2, -0.15) is 0 Å². The van der Waals surface area contributed by atoms with E-state index in [9.17, 15) is 0 Å². The van der Waals surface area contributed by atoms with Crippen LogP contribution in [0.2, 0.25) is 0 Å². The lowest BCUT2D eigenvalue weighted by molar-refractivity contribution is 0.195. The van der Waals surface area contributed by atoms with Crippen molar-refractivity contribution >= 4 is 84.9 Å². The average molecular weight is 868 g/mol. The van der Waals surface area contributed by atoms with Crippen LogP contribution in [0.15, 0.2) is 108 Å². The normalized spacial score (nSPS) is 26.0. The van der Waals surface area contributed by atoms with Crippen molar-refractivity contribution < 1.29 is 4.42 Å². The van der Waals surface area contributed by atoms with Gasteiger partial charge in [-0.05, 0) is 150 Å². The van der Waals surface area contributed by atoms with E-state index < -0.39 is 0 Å². The Kier molecular flexibility index (Phi) is 8.02. The molecule has 0 amide bonds. The van der Waals surface area contributed by atoms with E-state index >= 15 is 0 Å². The van der Waals surface area contributed by atoms with Crippen LogP contribution in [0.1, 0.15) is 148 Å². The van der Waals surface area contributed by atoms with Gasteiger partial charge in [0.05, 0.1) is 11.1 Å². The van der Waals surface area contributed by atoms with E-state index in [2.05, 4.69) is 194 Å². The van der Waals surface area contributed by atoms with Gasteiger partial charge in [0, 0.05) is 67.5 Å². The molecule has 2 fully saturated rings. The summed E-state index contributed by atoms with van der Waals surface area (Å²) < 4.78 is 6.70. The largest absolute Gasteiger partial charge is 0.456 e. The topological polar surface area (TPSA) is 22.9 Å². The van der Waals surface area contributed by atoms with E-state index in [-0.39, 0.29) is 39.5 Å². The van der Waals surface area contributed by atoms with Crippen molar-refractivity contribution in [3.63, 3.8) is 0 Å². The summed E-state index contributed by atoms with van der Waals surface area (Å²) in [6.45, 7) is 27.1. The molecule has 4 aliphatic heterocycles. The molecule has 4 unspecified atom stereocenters. The van der Waals surface area contributed by atoms with E-state index in [1.807, 2.05) is 0 Å². The number of hydrogen-bond donors (Lipinski definition) is 0. The van der Waals surface area contributed by atoms with Crippen molar-refractivity contribution in [2.45, 2.75) is 160 Å². The highest BCUT2D eigenvalue weighted by molar-refractivity contribution is 7.00. The summed E-state index contributed by atoms with van der Waals surface area (Å²) in [5.41, 5.74) is 22.8. The summed E-state index contributed by atoms with van der Waals surface area (Å²) in [6.07, 6.45) is 9.84. The van der Waals surface area contributed by atoms with Gasteiger partial charge in [0.1, 0.15) is 11.2 Å². The summed E-state index contributed by atoms with van der Waals surface area (Å²) >= 11 is 0. The molecule has 2 saturated carbocycles. The minimum Gasteiger partial charge on any atom is -0.456 e. The molecule has 66 heavy (non-hydrogen) atoms. The molecule has 2 aliphatic carbocycles. The van der Waals surface area contributed by atoms with Crippen LogP contribution >= 0.6 is 0 Å². The lowest BCUT2D eigenvalue weighted by Gasteiger charge is -2.53. The van der Waals surface area contributed by atoms with E-state index in [1.165, 1.54) is 130 Å². The minimum atomic E-state index is -0.0684. The predicted molar refractivity (Wildman–Crippen MR) is 281 cm³/mol. The molecule has 5 heterocycles. The van der Waals surface area contributed by atoms with Crippen molar-refractivity contribution in [2.24, 2.45) is 0 Å². The second kappa shape index (κ2) is 13.0. The van der Waals surface area contributed by atoms with Gasteiger partial charge in [-0.15, -0.1) is 0 Å². The molecule has 334 valence electrons. The van der Waals surface area contributed by atoms with Gasteiger partial charge in [-0.3, -0.25) is 0 Å². The van der Waals surface area contributed by atoms with Crippen LogP contribution in [0.25, 0.3) is 21.9 Å². The predicted octanol–water partition coefficient (Wildman–Crippen LogP) is 14.6. The maximum atomic E-state index is 6.70. The Hall–Kier alpha value is -5.42. The summed E-state index contributed by atoms with van der Waals surface area (Å²) in [7, 11) is 0. The van der Waals surface area contributed by atoms with E-state index in [4.69, 9.17) is 4.42 Å². The zero-order chi connectivity index (χ0) is 45.7. The third-order valence-electron chi connectivity index (χ3n) is 18.9. The lowest BCUT2D eigenvalue weighted by Crippen LogP contribution is -2.64. The van der Waals surface area contributed by atoms with Gasteiger partial charge in [-0.1, -0.05) is 130 Å². The number of furan rings is 1. The van der Waals surface area contributed by atoms with E-state index in [1.54, 1.807) is 5.56 Å². The van der Waals surface area contributed by atoms with E-state index in [0.717, 1.165) is 22.2 Å². The SMILES string of the molecule is Cc1cc2c3c(c1)N1c4c(cc(C(C)(C)C)cc4C4(C)CCCCC14C)B3c1ccc(N3c4ccc(C(C)(C)C)cc4C4(C)CCCCC34C)cc1N2c1ccc2c(c1)oc1ccccc12. The molecule has 7 aromatic rings. The van der Waals surface area contributed by atoms with Gasteiger partial charge < -0.3 is 19.1 Å². The highest BCUT2D eigenvalue weighted by Crippen LogP contribution is 2.64. The van der Waals surface area contributed by atoms with Crippen LogP contribution in [0, 0.1) is 6.92 Å². The van der Waals surface area contributed by atoms with Gasteiger partial charge in [-0.25, -0.2) is 0 Å². The fraction of sp³-hybridized carbons (Fsp3) is 0.410. The molecule has 6 aliphatic rings. The molecule has 4 nitrogen and oxygen atoms in total. The maximum Gasteiger partial charge on any atom is 0.252 e. The van der Waals surface area contributed by atoms with Crippen LogP contribution < -0.4 is 31.1 Å². The molecule has 0 saturated heterocycles. The van der Waals surface area contributed by atoms with Crippen molar-refractivity contribution in [3.05, 3.63) is 131 Å². The number of rotatable bonds is 2. The molecule has 0 spiro atoms. The molecule has 6 aromatic carbocycles. The number of para-hydroxylation sites is 1. The Bertz CT molecular complexity index is 3260. The number of hydrogen-bond acceptors (Lipinski definition) is 4. The third-order valence-corrected chi connectivity index (χ3v) is 18.9. The molecule has 0 N–H and O–H groups in total. The molecular weight excluding hydrogens is 802 g/mol. The summed E-state index contributed by atoms with van der Waals surface area (Å²) in [6, 6.07) is 40.9. The highest BCUT2D eigenvalue weighted by atomic mass is 16.3. The van der Waals surface area contributed by atoms with E-state index in [0.29, 0.717) is 0 Å². The first-order chi connectivity index (χ1) is 31.4. The maximum absolute atomic E-state index is 6.70. The van der Waals surface area contributed by atoms with Gasteiger partial charge >= 0.3 is 0 Å². The smallest absolute Gasteiger partial charge is 0.252 e. The van der Waals surface area contributed by atoms with Crippen LogP contribution in [-0.4, -0.2) is 17.8 Å². The first-order valence-electron chi connectivity index (χ1n) is 25.3. The standard InChI is InChI=1S/C61H66BN3O/c1-37-30-50-54-51(31-37)65-55-45(59(9)27-15-17-29-61(59,65)11)33-39(57(5,6)7)34-47(55)62(54)46-24-22-41(35-49(46)63(50)40-21-23-43-42-18-12-13-19-52(42)66-53(43)36-40)64-48-25-20-38(56(2,3)4)32-44(48)58(8)26-14-16-28-60(58,64)10/h12-13,18-25,30-36H,14-17,26-29H2,1-11H3. The first kappa shape index (κ1) is 40.8. The number of anilines is 7. The molecule has 1 aromatic heterocycles. The fourth-order valence-corrected chi connectivity index (χ4v) is 14.8. The zero-order valence-corrected chi connectivity index (χ0v) is 41.3. The lowest BCUT2D eigenvalue weighted by atomic mass is 9.33. The Balaban J connectivity index is 1.11. The van der Waals surface area contributed by atoms with Crippen molar-refractivity contribution in [2.75, 3.05) is 14.7 Å². The van der Waals surface area contributed by atoms with Crippen LogP contribution in [0.5, 0.6) is 0 Å². The highest BCUT2D eigenvalue weighted by Gasteiger charge is 2.62. The average Bonchev–Trinajstić information content (AvgIpc) is 3.82. The summed E-state index contributed by atoms with van der Waals surface area (Å²) in [5, 5.41) is 2.33. The fourth-order valence-electron chi connectivity index (χ4n) is 14.8. The molecular formula is C61H66BN3O. The van der Waals surface area contributed by atoms with Crippen molar-refractivity contribution in [1.29, 1.82) is 0 Å². The second-order valence-corrected chi connectivity index (χ2v) is 24.5. The molecule has 5 heteroatoms. The molecule has 13 rings (SSSR count). The quantitative estimate of drug-likeness (QED) is 0.162. The Morgan fingerprint density at radius 2 is 1.15 bits per heavy atom. The minimum absolute atomic E-state index is 0.00420. The number of nitrogens with zero attached hydrogens (tertiary/aromatic N) is 3. The Morgan fingerprint density at radius 3 is 1.89 bits per heavy atom. The summed E-state index contributed by atoms with van der Waals surface area (Å²) in [5.74, 6) is 0. The van der Waals surface area contributed by atoms with Gasteiger partial charge in [0.2, 0.25) is 0 Å². The van der Waals surface area contributed by atoms with Crippen molar-refractivity contribution in [3.8, 4) is 0 Å². The Morgan fingerprint density at radius 1 is 0.515 bits per heavy atom. The monoisotopic (exact) mass is 868 g/mol. The molecule has 0 radical (unpaired) electrons. The van der Waals surface area contributed by atoms with Gasteiger partial charge in [0.25, 0.3) is 6.71 Å². The zero-order valence-electron chi connectivity index (χ0n) is 41.3. The number of fused-ring (bicyclic) bond motifs is 13. The number of aryl methyl sites for hydroxylation is 1. The third kappa shape index (κ3) is 5.03. The van der Waals surface area contributed by atoms with Crippen LogP contribution in [-0.2, 0) is 21.7 Å². The van der Waals surface area contributed by atoms with Crippen LogP contribution in [0.3, 0.4) is 0 Å². The summed E-state index contributed by atoms with van der Waals surface area (Å²) in [4.78, 5) is 8.30. The first-order valence-corrected chi connectivity index (χ1v) is 25.3. The Labute approximate surface area is 393 Å². The van der Waals surface area contributed by atoms with Crippen LogP contribution in [0.4, 0.5) is 39.8 Å².